The molecule has 1 aromatic rings. The molecule has 9 heteroatoms. The minimum atomic E-state index is -1.11. The van der Waals surface area contributed by atoms with Crippen molar-refractivity contribution in [3.05, 3.63) is 40.2 Å². The van der Waals surface area contributed by atoms with E-state index in [0.717, 1.165) is 0 Å². The molecule has 0 spiro atoms. The van der Waals surface area contributed by atoms with Crippen molar-refractivity contribution >= 4 is 27.4 Å². The lowest BCUT2D eigenvalue weighted by Gasteiger charge is -2.38. The maximum atomic E-state index is 15.1. The quantitative estimate of drug-likeness (QED) is 0.764. The molecule has 2 N–H and O–H groups in total. The van der Waals surface area contributed by atoms with Crippen LogP contribution in [0.25, 0.3) is 0 Å². The molecule has 0 amide bonds. The number of benzene rings is 1. The largest absolute Gasteiger partial charge is 0.478 e. The summed E-state index contributed by atoms with van der Waals surface area (Å²) in [6.45, 7) is 6.40. The van der Waals surface area contributed by atoms with Crippen LogP contribution in [0.5, 0.6) is 0 Å². The molecule has 0 bridgehead atoms. The topological polar surface area (TPSA) is 94.7 Å². The van der Waals surface area contributed by atoms with Gasteiger partial charge in [-0.2, -0.15) is 0 Å². The minimum absolute atomic E-state index is 0.0533. The maximum Gasteiger partial charge on any atom is 0.337 e. The summed E-state index contributed by atoms with van der Waals surface area (Å²) < 4.78 is 24.1. The lowest BCUT2D eigenvalue weighted by atomic mass is 9.98. The fourth-order valence-electron chi connectivity index (χ4n) is 3.57. The van der Waals surface area contributed by atoms with E-state index in [1.54, 1.807) is 12.3 Å². The SMILES string of the molecule is Cc1c(F)c(CC2=NC=CS2=NO)cc(C(=O)O)c1N1C[C@@H](C)O[C@@H](C)C1. The van der Waals surface area contributed by atoms with E-state index in [1.165, 1.54) is 12.3 Å². The van der Waals surface area contributed by atoms with Crippen LogP contribution in [-0.4, -0.2) is 46.6 Å². The van der Waals surface area contributed by atoms with Crippen LogP contribution in [-0.2, 0) is 21.8 Å². The molecule has 1 unspecified atom stereocenters. The highest BCUT2D eigenvalue weighted by atomic mass is 32.2. The number of hydrogen-bond acceptors (Lipinski definition) is 5. The second kappa shape index (κ2) is 7.87. The second-order valence-corrected chi connectivity index (χ2v) is 8.26. The molecule has 2 aliphatic heterocycles. The Morgan fingerprint density at radius 3 is 2.70 bits per heavy atom. The Labute approximate surface area is 159 Å². The molecule has 1 fully saturated rings. The average molecular weight is 395 g/mol. The molecule has 0 radical (unpaired) electrons. The molecule has 2 aliphatic rings. The van der Waals surface area contributed by atoms with Crippen LogP contribution >= 0.6 is 0 Å². The van der Waals surface area contributed by atoms with Crippen LogP contribution in [0.2, 0.25) is 0 Å². The van der Waals surface area contributed by atoms with E-state index in [0.29, 0.717) is 29.4 Å². The van der Waals surface area contributed by atoms with Gasteiger partial charge in [-0.15, -0.1) is 4.53 Å². The molecule has 0 aliphatic carbocycles. The number of halogens is 1. The number of rotatable bonds is 4. The number of carbonyl (C=O) groups is 1. The molecule has 2 heterocycles. The van der Waals surface area contributed by atoms with Gasteiger partial charge in [-0.25, -0.2) is 9.18 Å². The molecule has 1 aromatic carbocycles. The molecular weight excluding hydrogens is 373 g/mol. The first-order chi connectivity index (χ1) is 12.8. The zero-order valence-electron chi connectivity index (χ0n) is 15.3. The number of hydrogen-bond donors (Lipinski definition) is 2. The third-order valence-electron chi connectivity index (χ3n) is 4.59. The first-order valence-electron chi connectivity index (χ1n) is 8.59. The third kappa shape index (κ3) is 3.95. The number of nitrogens with zero attached hydrogens (tertiary/aromatic N) is 3. The molecule has 0 aromatic heterocycles. The van der Waals surface area contributed by atoms with Crippen LogP contribution < -0.4 is 4.90 Å². The molecule has 3 rings (SSSR count). The number of ether oxygens (including phenoxy) is 1. The zero-order valence-corrected chi connectivity index (χ0v) is 16.2. The Hall–Kier alpha value is -2.10. The van der Waals surface area contributed by atoms with Gasteiger partial charge in [0.2, 0.25) is 0 Å². The van der Waals surface area contributed by atoms with Gasteiger partial charge in [-0.3, -0.25) is 10.2 Å². The first-order valence-corrected chi connectivity index (χ1v) is 9.83. The van der Waals surface area contributed by atoms with Crippen molar-refractivity contribution < 1.29 is 24.2 Å². The van der Waals surface area contributed by atoms with E-state index in [4.69, 9.17) is 9.94 Å². The van der Waals surface area contributed by atoms with E-state index in [2.05, 4.69) is 9.52 Å². The van der Waals surface area contributed by atoms with Crippen LogP contribution in [0, 0.1) is 12.7 Å². The van der Waals surface area contributed by atoms with Crippen molar-refractivity contribution in [2.75, 3.05) is 18.0 Å². The Morgan fingerprint density at radius 2 is 2.11 bits per heavy atom. The Balaban J connectivity index is 2.03. The highest BCUT2D eigenvalue weighted by molar-refractivity contribution is 8.05. The Bertz CT molecular complexity index is 859. The molecule has 1 saturated heterocycles. The predicted molar refractivity (Wildman–Crippen MR) is 102 cm³/mol. The smallest absolute Gasteiger partial charge is 0.337 e. The first kappa shape index (κ1) is 19.7. The van der Waals surface area contributed by atoms with Gasteiger partial charge in [-0.1, -0.05) is 0 Å². The number of carboxylic acids is 1. The second-order valence-electron chi connectivity index (χ2n) is 6.72. The summed E-state index contributed by atoms with van der Waals surface area (Å²) in [4.78, 5) is 17.9. The number of carboxylic acid groups (broad SMARTS) is 1. The van der Waals surface area contributed by atoms with E-state index >= 15 is 4.39 Å². The number of anilines is 1. The van der Waals surface area contributed by atoms with Crippen molar-refractivity contribution in [1.29, 1.82) is 0 Å². The lowest BCUT2D eigenvalue weighted by Crippen LogP contribution is -2.46. The standard InChI is InChI=1S/C18H22FN3O4S/c1-10-8-22(9-11(2)26-10)17-12(3)16(19)13(6-14(17)18(23)24)7-15-20-4-5-27(15)21-25/h4-6,10-11,25H,7-9H2,1-3H3,(H,23,24)/t10-,11+,27?. The summed E-state index contributed by atoms with van der Waals surface area (Å²) in [6, 6.07) is 1.37. The maximum absolute atomic E-state index is 15.1. The van der Waals surface area contributed by atoms with Gasteiger partial charge in [0.15, 0.2) is 0 Å². The van der Waals surface area contributed by atoms with Crippen LogP contribution in [0.1, 0.15) is 35.3 Å². The zero-order chi connectivity index (χ0) is 19.7. The van der Waals surface area contributed by atoms with Crippen molar-refractivity contribution in [3.63, 3.8) is 0 Å². The highest BCUT2D eigenvalue weighted by Crippen LogP contribution is 2.33. The number of aromatic carboxylic acids is 1. The van der Waals surface area contributed by atoms with Gasteiger partial charge in [0.05, 0.1) is 28.5 Å². The summed E-state index contributed by atoms with van der Waals surface area (Å²) in [5.41, 5.74) is 0.964. The van der Waals surface area contributed by atoms with Crippen molar-refractivity contribution in [3.8, 4) is 0 Å². The van der Waals surface area contributed by atoms with Gasteiger partial charge >= 0.3 is 5.97 Å². The van der Waals surface area contributed by atoms with Gasteiger partial charge in [-0.05, 0) is 32.4 Å². The number of morpholine rings is 1. The van der Waals surface area contributed by atoms with Crippen molar-refractivity contribution in [2.45, 2.75) is 39.4 Å². The highest BCUT2D eigenvalue weighted by Gasteiger charge is 2.29. The average Bonchev–Trinajstić information content (AvgIpc) is 3.04. The summed E-state index contributed by atoms with van der Waals surface area (Å²) >= 11 is 0. The lowest BCUT2D eigenvalue weighted by molar-refractivity contribution is -0.00537. The fraction of sp³-hybridized carbons (Fsp3) is 0.444. The van der Waals surface area contributed by atoms with Gasteiger partial charge in [0.25, 0.3) is 0 Å². The van der Waals surface area contributed by atoms with Crippen molar-refractivity contribution in [1.82, 2.24) is 0 Å². The van der Waals surface area contributed by atoms with Gasteiger partial charge < -0.3 is 14.7 Å². The molecule has 0 saturated carbocycles. The monoisotopic (exact) mass is 395 g/mol. The molecule has 146 valence electrons. The third-order valence-corrected chi connectivity index (χ3v) is 5.87. The summed E-state index contributed by atoms with van der Waals surface area (Å²) in [7, 11) is -0.915. The van der Waals surface area contributed by atoms with Crippen LogP contribution in [0.15, 0.2) is 27.2 Å². The van der Waals surface area contributed by atoms with Crippen molar-refractivity contribution in [2.24, 2.45) is 9.52 Å². The normalized spacial score (nSPS) is 25.1. The summed E-state index contributed by atoms with van der Waals surface area (Å²) in [6.07, 6.45) is 1.43. The van der Waals surface area contributed by atoms with E-state index in [-0.39, 0.29) is 29.8 Å². The van der Waals surface area contributed by atoms with Gasteiger partial charge in [0.1, 0.15) is 5.82 Å². The van der Waals surface area contributed by atoms with Crippen LogP contribution in [0.3, 0.4) is 0 Å². The molecule has 7 nitrogen and oxygen atoms in total. The summed E-state index contributed by atoms with van der Waals surface area (Å²) in [5, 5.41) is 20.9. The van der Waals surface area contributed by atoms with Gasteiger partial charge in [0, 0.05) is 47.4 Å². The Kier molecular flexibility index (Phi) is 5.73. The Morgan fingerprint density at radius 1 is 1.44 bits per heavy atom. The molecule has 3 atom stereocenters. The fourth-order valence-corrected chi connectivity index (χ4v) is 4.53. The van der Waals surface area contributed by atoms with Crippen LogP contribution in [0.4, 0.5) is 10.1 Å². The molecular formula is C18H22FN3O4S. The van der Waals surface area contributed by atoms with E-state index in [1.807, 2.05) is 18.7 Å². The number of aliphatic imine (C=N–C) groups is 1. The minimum Gasteiger partial charge on any atom is -0.478 e. The predicted octanol–water partition coefficient (Wildman–Crippen LogP) is 3.06. The summed E-state index contributed by atoms with van der Waals surface area (Å²) in [5.74, 6) is -1.57. The molecule has 27 heavy (non-hydrogen) atoms. The van der Waals surface area contributed by atoms with E-state index in [9.17, 15) is 9.90 Å². The van der Waals surface area contributed by atoms with E-state index < -0.39 is 22.5 Å².